The van der Waals surface area contributed by atoms with Gasteiger partial charge in [0, 0.05) is 24.2 Å². The Balaban J connectivity index is 1.48. The average molecular weight is 527 g/mol. The Labute approximate surface area is 192 Å². The van der Waals surface area contributed by atoms with Crippen molar-refractivity contribution in [3.05, 3.63) is 57.9 Å². The van der Waals surface area contributed by atoms with Gasteiger partial charge < -0.3 is 10.1 Å². The van der Waals surface area contributed by atoms with Crippen LogP contribution in [0.5, 0.6) is 0 Å². The molecule has 1 aliphatic carbocycles. The largest absolute Gasteiger partial charge is 0.388 e. The first-order valence-corrected chi connectivity index (χ1v) is 12.3. The lowest BCUT2D eigenvalue weighted by Gasteiger charge is -2.29. The van der Waals surface area contributed by atoms with Gasteiger partial charge in [0.1, 0.15) is 16.5 Å². The van der Waals surface area contributed by atoms with Crippen molar-refractivity contribution in [3.8, 4) is 22.6 Å². The molecule has 0 spiro atoms. The van der Waals surface area contributed by atoms with Gasteiger partial charge in [-0.05, 0) is 65.0 Å². The third-order valence-electron chi connectivity index (χ3n) is 6.01. The number of imidazole rings is 1. The normalized spacial score (nSPS) is 23.5. The van der Waals surface area contributed by atoms with Crippen molar-refractivity contribution in [1.82, 2.24) is 14.3 Å². The molecule has 5 rings (SSSR count). The summed E-state index contributed by atoms with van der Waals surface area (Å²) in [5.41, 5.74) is 0.832. The van der Waals surface area contributed by atoms with E-state index in [0.717, 1.165) is 0 Å². The number of rotatable bonds is 4. The summed E-state index contributed by atoms with van der Waals surface area (Å²) in [6, 6.07) is 9.40. The maximum Gasteiger partial charge on any atom is 0.244 e. The summed E-state index contributed by atoms with van der Waals surface area (Å²) in [5.74, 6) is 0.228. The predicted molar refractivity (Wildman–Crippen MR) is 119 cm³/mol. The van der Waals surface area contributed by atoms with Crippen LogP contribution in [0.15, 0.2) is 52.0 Å². The molecule has 1 aliphatic heterocycles. The predicted octanol–water partition coefficient (Wildman–Crippen LogP) is 4.44. The SMILES string of the molecule is O=S(=O)(c1cc(-c2ncc(-c3ccc(Br)c(F)c3)[nH]2)ccc1Cl)N1CCC2CC2(O)C1. The molecule has 2 N–H and O–H groups in total. The molecular weight excluding hydrogens is 509 g/mol. The summed E-state index contributed by atoms with van der Waals surface area (Å²) >= 11 is 9.39. The topological polar surface area (TPSA) is 86.3 Å². The van der Waals surface area contributed by atoms with Gasteiger partial charge in [-0.15, -0.1) is 0 Å². The Hall–Kier alpha value is -1.78. The second-order valence-electron chi connectivity index (χ2n) is 8.05. The Morgan fingerprint density at radius 2 is 2.03 bits per heavy atom. The summed E-state index contributed by atoms with van der Waals surface area (Å²) in [7, 11) is -3.88. The van der Waals surface area contributed by atoms with Gasteiger partial charge in [0.15, 0.2) is 0 Å². The maximum atomic E-state index is 13.9. The van der Waals surface area contributed by atoms with Crippen molar-refractivity contribution in [2.45, 2.75) is 23.3 Å². The first-order valence-electron chi connectivity index (χ1n) is 9.70. The van der Waals surface area contributed by atoms with Gasteiger partial charge in [0.25, 0.3) is 0 Å². The van der Waals surface area contributed by atoms with E-state index >= 15 is 0 Å². The van der Waals surface area contributed by atoms with E-state index in [4.69, 9.17) is 11.6 Å². The Bertz CT molecular complexity index is 1300. The minimum absolute atomic E-state index is 0.0259. The Morgan fingerprint density at radius 3 is 2.77 bits per heavy atom. The van der Waals surface area contributed by atoms with Crippen molar-refractivity contribution in [1.29, 1.82) is 0 Å². The molecule has 2 aromatic carbocycles. The molecule has 2 heterocycles. The van der Waals surface area contributed by atoms with Crippen molar-refractivity contribution in [3.63, 3.8) is 0 Å². The average Bonchev–Trinajstić information content (AvgIpc) is 3.17. The number of aliphatic hydroxyl groups is 1. The summed E-state index contributed by atoms with van der Waals surface area (Å²) in [4.78, 5) is 7.41. The highest BCUT2D eigenvalue weighted by Gasteiger charge is 2.57. The van der Waals surface area contributed by atoms with Crippen LogP contribution in [0.4, 0.5) is 4.39 Å². The number of benzene rings is 2. The highest BCUT2D eigenvalue weighted by molar-refractivity contribution is 9.10. The summed E-state index contributed by atoms with van der Waals surface area (Å²) in [5, 5.41) is 10.5. The number of fused-ring (bicyclic) bond motifs is 1. The molecule has 0 amide bonds. The smallest absolute Gasteiger partial charge is 0.244 e. The van der Waals surface area contributed by atoms with Crippen LogP contribution in [0.25, 0.3) is 22.6 Å². The molecule has 10 heteroatoms. The molecule has 3 aromatic rings. The van der Waals surface area contributed by atoms with E-state index < -0.39 is 21.4 Å². The fraction of sp³-hybridized carbons (Fsp3) is 0.286. The zero-order chi connectivity index (χ0) is 22.0. The molecule has 1 saturated carbocycles. The zero-order valence-electron chi connectivity index (χ0n) is 16.1. The molecule has 2 unspecified atom stereocenters. The number of nitrogens with one attached hydrogen (secondary N) is 1. The number of aromatic amines is 1. The highest BCUT2D eigenvalue weighted by Crippen LogP contribution is 2.50. The number of nitrogens with zero attached hydrogens (tertiary/aromatic N) is 2. The quantitative estimate of drug-likeness (QED) is 0.526. The van der Waals surface area contributed by atoms with Crippen LogP contribution in [-0.4, -0.2) is 46.5 Å². The summed E-state index contributed by atoms with van der Waals surface area (Å²) in [6.45, 7) is 0.441. The van der Waals surface area contributed by atoms with Gasteiger partial charge >= 0.3 is 0 Å². The lowest BCUT2D eigenvalue weighted by atomic mass is 10.1. The summed E-state index contributed by atoms with van der Waals surface area (Å²) < 4.78 is 42.0. The van der Waals surface area contributed by atoms with Crippen LogP contribution < -0.4 is 0 Å². The summed E-state index contributed by atoms with van der Waals surface area (Å²) in [6.07, 6.45) is 2.84. The number of piperidine rings is 1. The molecule has 2 aliphatic rings. The van der Waals surface area contributed by atoms with Crippen molar-refractivity contribution in [2.24, 2.45) is 5.92 Å². The maximum absolute atomic E-state index is 13.9. The van der Waals surface area contributed by atoms with Crippen LogP contribution in [0, 0.1) is 11.7 Å². The highest BCUT2D eigenvalue weighted by atomic mass is 79.9. The van der Waals surface area contributed by atoms with Crippen LogP contribution in [0.1, 0.15) is 12.8 Å². The number of H-pyrrole nitrogens is 1. The zero-order valence-corrected chi connectivity index (χ0v) is 19.3. The van der Waals surface area contributed by atoms with Crippen LogP contribution in [-0.2, 0) is 10.0 Å². The van der Waals surface area contributed by atoms with Gasteiger partial charge in [-0.25, -0.2) is 17.8 Å². The standard InChI is InChI=1S/C21H18BrClFN3O3S/c22-15-3-1-12(7-17(15)24)18-10-25-20(26-18)13-2-4-16(23)19(8-13)31(29,30)27-6-5-14-9-21(14,28)11-27/h1-4,7-8,10,14,28H,5-6,9,11H2,(H,25,26). The van der Waals surface area contributed by atoms with Gasteiger partial charge in [-0.1, -0.05) is 17.7 Å². The van der Waals surface area contributed by atoms with E-state index in [0.29, 0.717) is 46.5 Å². The fourth-order valence-electron chi connectivity index (χ4n) is 4.09. The molecule has 1 saturated heterocycles. The number of hydrogen-bond donors (Lipinski definition) is 2. The third kappa shape index (κ3) is 3.72. The molecular formula is C21H18BrClFN3O3S. The van der Waals surface area contributed by atoms with E-state index in [1.807, 2.05) is 0 Å². The van der Waals surface area contributed by atoms with Crippen LogP contribution in [0.2, 0.25) is 5.02 Å². The molecule has 2 fully saturated rings. The monoisotopic (exact) mass is 525 g/mol. The van der Waals surface area contributed by atoms with Gasteiger partial charge in [-0.2, -0.15) is 4.31 Å². The van der Waals surface area contributed by atoms with Crippen molar-refractivity contribution < 1.29 is 17.9 Å². The Morgan fingerprint density at radius 1 is 1.26 bits per heavy atom. The van der Waals surface area contributed by atoms with E-state index in [2.05, 4.69) is 25.9 Å². The van der Waals surface area contributed by atoms with Crippen LogP contribution >= 0.6 is 27.5 Å². The van der Waals surface area contributed by atoms with Crippen LogP contribution in [0.3, 0.4) is 0 Å². The molecule has 6 nitrogen and oxygen atoms in total. The third-order valence-corrected chi connectivity index (χ3v) is 8.98. The van der Waals surface area contributed by atoms with Gasteiger partial charge in [0.05, 0.1) is 27.0 Å². The minimum Gasteiger partial charge on any atom is -0.388 e. The first kappa shape index (κ1) is 21.1. The molecule has 162 valence electrons. The first-order chi connectivity index (χ1) is 14.7. The van der Waals surface area contributed by atoms with E-state index in [9.17, 15) is 17.9 Å². The molecule has 2 atom stereocenters. The van der Waals surface area contributed by atoms with Gasteiger partial charge in [-0.3, -0.25) is 0 Å². The molecule has 31 heavy (non-hydrogen) atoms. The minimum atomic E-state index is -3.88. The number of halogens is 3. The number of sulfonamides is 1. The van der Waals surface area contributed by atoms with E-state index in [1.54, 1.807) is 24.4 Å². The number of aromatic nitrogens is 2. The van der Waals surface area contributed by atoms with E-state index in [-0.39, 0.29) is 22.4 Å². The van der Waals surface area contributed by atoms with Gasteiger partial charge in [0.2, 0.25) is 10.0 Å². The lowest BCUT2D eigenvalue weighted by Crippen LogP contribution is -2.43. The van der Waals surface area contributed by atoms with Crippen molar-refractivity contribution >= 4 is 37.6 Å². The van der Waals surface area contributed by atoms with Crippen molar-refractivity contribution in [2.75, 3.05) is 13.1 Å². The second kappa shape index (κ2) is 7.38. The number of β-amino-alcohol motifs (C(OH)–C–C–N with tert-alkyl or cyclic N) is 1. The Kier molecular flexibility index (Phi) is 5.02. The fourth-order valence-corrected chi connectivity index (χ4v) is 6.35. The second-order valence-corrected chi connectivity index (χ2v) is 11.2. The number of hydrogen-bond acceptors (Lipinski definition) is 4. The lowest BCUT2D eigenvalue weighted by molar-refractivity contribution is 0.0830. The molecule has 0 radical (unpaired) electrons. The molecule has 1 aromatic heterocycles. The molecule has 0 bridgehead atoms. The van der Waals surface area contributed by atoms with E-state index in [1.165, 1.54) is 22.5 Å².